The molecular formula is C7H3F4NO4. The lowest BCUT2D eigenvalue weighted by Crippen LogP contribution is -2.18. The van der Waals surface area contributed by atoms with Crippen molar-refractivity contribution in [1.82, 2.24) is 0 Å². The van der Waals surface area contributed by atoms with E-state index in [2.05, 4.69) is 4.74 Å². The van der Waals surface area contributed by atoms with Crippen LogP contribution in [0.1, 0.15) is 0 Å². The Bertz CT molecular complexity index is 431. The largest absolute Gasteiger partial charge is 0.573 e. The van der Waals surface area contributed by atoms with Gasteiger partial charge in [0.2, 0.25) is 0 Å². The van der Waals surface area contributed by atoms with Crippen LogP contribution in [0.4, 0.5) is 23.2 Å². The standard InChI is InChI=1S/C7H3F4NO4/c8-3-1-4(12(14)15)5(13)2-6(3)16-7(9,10)11/h1-2,13H. The molecule has 1 rings (SSSR count). The number of nitro benzene ring substituents is 1. The van der Waals surface area contributed by atoms with Crippen molar-refractivity contribution in [3.05, 3.63) is 28.1 Å². The molecule has 0 spiro atoms. The molecule has 0 heterocycles. The summed E-state index contributed by atoms with van der Waals surface area (Å²) in [5.41, 5.74) is -1.05. The molecule has 1 aromatic rings. The monoisotopic (exact) mass is 241 g/mol. The maximum absolute atomic E-state index is 12.9. The second-order valence-electron chi connectivity index (χ2n) is 2.58. The maximum Gasteiger partial charge on any atom is 0.573 e. The summed E-state index contributed by atoms with van der Waals surface area (Å²) in [4.78, 5) is 9.04. The van der Waals surface area contributed by atoms with Crippen LogP contribution in [-0.4, -0.2) is 16.4 Å². The number of nitrogens with zero attached hydrogens (tertiary/aromatic N) is 1. The summed E-state index contributed by atoms with van der Waals surface area (Å²) in [6.07, 6.45) is -5.15. The van der Waals surface area contributed by atoms with Gasteiger partial charge in [-0.3, -0.25) is 10.1 Å². The highest BCUT2D eigenvalue weighted by Crippen LogP contribution is 2.34. The fourth-order valence-electron chi connectivity index (χ4n) is 0.881. The summed E-state index contributed by atoms with van der Waals surface area (Å²) in [6.45, 7) is 0. The van der Waals surface area contributed by atoms with Crippen molar-refractivity contribution in [3.8, 4) is 11.5 Å². The first-order chi connectivity index (χ1) is 7.20. The summed E-state index contributed by atoms with van der Waals surface area (Å²) < 4.78 is 51.2. The lowest BCUT2D eigenvalue weighted by atomic mass is 10.2. The van der Waals surface area contributed by atoms with E-state index in [9.17, 15) is 27.7 Å². The van der Waals surface area contributed by atoms with Crippen LogP contribution < -0.4 is 4.74 Å². The van der Waals surface area contributed by atoms with Gasteiger partial charge in [-0.25, -0.2) is 4.39 Å². The van der Waals surface area contributed by atoms with E-state index in [1.807, 2.05) is 0 Å². The molecule has 0 aliphatic carbocycles. The molecule has 5 nitrogen and oxygen atoms in total. The SMILES string of the molecule is O=[N+]([O-])c1cc(F)c(OC(F)(F)F)cc1O. The van der Waals surface area contributed by atoms with Gasteiger partial charge in [0.15, 0.2) is 17.3 Å². The third-order valence-corrected chi connectivity index (χ3v) is 1.45. The molecule has 0 amide bonds. The first-order valence-corrected chi connectivity index (χ1v) is 3.63. The topological polar surface area (TPSA) is 72.6 Å². The van der Waals surface area contributed by atoms with Gasteiger partial charge in [0.25, 0.3) is 0 Å². The summed E-state index contributed by atoms with van der Waals surface area (Å²) >= 11 is 0. The molecule has 0 aliphatic heterocycles. The van der Waals surface area contributed by atoms with Gasteiger partial charge < -0.3 is 9.84 Å². The quantitative estimate of drug-likeness (QED) is 0.490. The summed E-state index contributed by atoms with van der Waals surface area (Å²) in [6, 6.07) is 0.317. The number of alkyl halides is 3. The molecular weight excluding hydrogens is 238 g/mol. The third kappa shape index (κ3) is 2.72. The number of phenols is 1. The zero-order chi connectivity index (χ0) is 12.5. The normalized spacial score (nSPS) is 11.2. The first-order valence-electron chi connectivity index (χ1n) is 3.63. The van der Waals surface area contributed by atoms with Gasteiger partial charge in [0, 0.05) is 6.07 Å². The Balaban J connectivity index is 3.16. The van der Waals surface area contributed by atoms with Crippen LogP contribution >= 0.6 is 0 Å². The van der Waals surface area contributed by atoms with Crippen LogP contribution in [0.2, 0.25) is 0 Å². The predicted octanol–water partition coefficient (Wildman–Crippen LogP) is 2.34. The molecule has 0 fully saturated rings. The lowest BCUT2D eigenvalue weighted by Gasteiger charge is -2.09. The minimum Gasteiger partial charge on any atom is -0.502 e. The second kappa shape index (κ2) is 3.83. The van der Waals surface area contributed by atoms with Crippen LogP contribution in [0.15, 0.2) is 12.1 Å². The molecule has 0 bridgehead atoms. The summed E-state index contributed by atoms with van der Waals surface area (Å²) in [7, 11) is 0. The number of aromatic hydroxyl groups is 1. The molecule has 0 aromatic heterocycles. The van der Waals surface area contributed by atoms with E-state index in [4.69, 9.17) is 5.11 Å². The average molecular weight is 241 g/mol. The number of phenolic OH excluding ortho intramolecular Hbond substituents is 1. The zero-order valence-corrected chi connectivity index (χ0v) is 7.29. The van der Waals surface area contributed by atoms with Gasteiger partial charge in [-0.05, 0) is 0 Å². The fraction of sp³-hybridized carbons (Fsp3) is 0.143. The Morgan fingerprint density at radius 1 is 1.38 bits per heavy atom. The molecule has 16 heavy (non-hydrogen) atoms. The number of hydrogen-bond acceptors (Lipinski definition) is 4. The molecule has 0 saturated carbocycles. The van der Waals surface area contributed by atoms with E-state index in [0.717, 1.165) is 0 Å². The van der Waals surface area contributed by atoms with Crippen LogP contribution in [0.25, 0.3) is 0 Å². The van der Waals surface area contributed by atoms with Crippen LogP contribution in [0.5, 0.6) is 11.5 Å². The van der Waals surface area contributed by atoms with E-state index < -0.39 is 34.3 Å². The molecule has 0 saturated heterocycles. The third-order valence-electron chi connectivity index (χ3n) is 1.45. The van der Waals surface area contributed by atoms with Crippen molar-refractivity contribution in [2.75, 3.05) is 0 Å². The Morgan fingerprint density at radius 2 is 1.94 bits per heavy atom. The number of ether oxygens (including phenoxy) is 1. The fourth-order valence-corrected chi connectivity index (χ4v) is 0.881. The Morgan fingerprint density at radius 3 is 2.38 bits per heavy atom. The van der Waals surface area contributed by atoms with Gasteiger partial charge in [0.1, 0.15) is 0 Å². The molecule has 0 aliphatic rings. The second-order valence-corrected chi connectivity index (χ2v) is 2.58. The minimum atomic E-state index is -5.15. The Kier molecular flexibility index (Phi) is 2.88. The predicted molar refractivity (Wildman–Crippen MR) is 41.4 cm³/mol. The van der Waals surface area contributed by atoms with Crippen molar-refractivity contribution in [2.24, 2.45) is 0 Å². The van der Waals surface area contributed by atoms with E-state index in [0.29, 0.717) is 0 Å². The maximum atomic E-state index is 12.9. The highest BCUT2D eigenvalue weighted by Gasteiger charge is 2.33. The smallest absolute Gasteiger partial charge is 0.502 e. The van der Waals surface area contributed by atoms with Crippen molar-refractivity contribution in [3.63, 3.8) is 0 Å². The van der Waals surface area contributed by atoms with E-state index in [1.165, 1.54) is 0 Å². The number of nitro groups is 1. The van der Waals surface area contributed by atoms with Crippen LogP contribution in [0.3, 0.4) is 0 Å². The number of benzene rings is 1. The van der Waals surface area contributed by atoms with Crippen molar-refractivity contribution in [1.29, 1.82) is 0 Å². The summed E-state index contributed by atoms with van der Waals surface area (Å²) in [5, 5.41) is 19.1. The first kappa shape index (κ1) is 12.0. The summed E-state index contributed by atoms with van der Waals surface area (Å²) in [5.74, 6) is -4.05. The minimum absolute atomic E-state index is 0.135. The van der Waals surface area contributed by atoms with Crippen molar-refractivity contribution < 1.29 is 32.3 Å². The Hall–Kier alpha value is -2.06. The van der Waals surface area contributed by atoms with Gasteiger partial charge in [-0.1, -0.05) is 0 Å². The van der Waals surface area contributed by atoms with Gasteiger partial charge in [-0.2, -0.15) is 0 Å². The van der Waals surface area contributed by atoms with Gasteiger partial charge in [-0.15, -0.1) is 13.2 Å². The number of rotatable bonds is 2. The molecule has 0 atom stereocenters. The zero-order valence-electron chi connectivity index (χ0n) is 7.29. The van der Waals surface area contributed by atoms with Gasteiger partial charge >= 0.3 is 12.0 Å². The number of halogens is 4. The highest BCUT2D eigenvalue weighted by atomic mass is 19.4. The van der Waals surface area contributed by atoms with Crippen LogP contribution in [0, 0.1) is 15.9 Å². The van der Waals surface area contributed by atoms with E-state index in [1.54, 1.807) is 0 Å². The van der Waals surface area contributed by atoms with E-state index in [-0.39, 0.29) is 12.1 Å². The Labute approximate surface area is 85.0 Å². The van der Waals surface area contributed by atoms with Crippen LogP contribution in [-0.2, 0) is 0 Å². The lowest BCUT2D eigenvalue weighted by molar-refractivity contribution is -0.386. The molecule has 1 aromatic carbocycles. The highest BCUT2D eigenvalue weighted by molar-refractivity contribution is 5.50. The molecule has 0 radical (unpaired) electrons. The molecule has 1 N–H and O–H groups in total. The van der Waals surface area contributed by atoms with E-state index >= 15 is 0 Å². The van der Waals surface area contributed by atoms with Crippen molar-refractivity contribution >= 4 is 5.69 Å². The van der Waals surface area contributed by atoms with Gasteiger partial charge in [0.05, 0.1) is 11.0 Å². The number of hydrogen-bond donors (Lipinski definition) is 1. The molecule has 0 unspecified atom stereocenters. The molecule has 9 heteroatoms. The van der Waals surface area contributed by atoms with Crippen molar-refractivity contribution in [2.45, 2.75) is 6.36 Å². The molecule has 88 valence electrons. The average Bonchev–Trinajstić information content (AvgIpc) is 2.07.